The zero-order valence-corrected chi connectivity index (χ0v) is 15.0. The second-order valence-electron chi connectivity index (χ2n) is 7.18. The molecule has 3 aromatic carbocycles. The molecule has 1 N–H and O–H groups in total. The van der Waals surface area contributed by atoms with Crippen LogP contribution in [0.15, 0.2) is 72.8 Å². The summed E-state index contributed by atoms with van der Waals surface area (Å²) in [4.78, 5) is 9.66. The minimum absolute atomic E-state index is 0.159. The van der Waals surface area contributed by atoms with E-state index in [-0.39, 0.29) is 5.75 Å². The molecular formula is C24H20N2O. The SMILES string of the molecule is Oc1cccc2nc(-c3ccccc3)c(-c3ccc(C4CCC4)cc3)nc12. The lowest BCUT2D eigenvalue weighted by Gasteiger charge is -2.25. The largest absolute Gasteiger partial charge is 0.506 e. The molecule has 1 aromatic heterocycles. The lowest BCUT2D eigenvalue weighted by Crippen LogP contribution is -2.08. The third-order valence-electron chi connectivity index (χ3n) is 5.48. The summed E-state index contributed by atoms with van der Waals surface area (Å²) in [5, 5.41) is 10.3. The number of aromatic hydroxyl groups is 1. The van der Waals surface area contributed by atoms with E-state index in [0.717, 1.165) is 22.5 Å². The minimum atomic E-state index is 0.159. The minimum Gasteiger partial charge on any atom is -0.506 e. The van der Waals surface area contributed by atoms with E-state index in [4.69, 9.17) is 9.97 Å². The first kappa shape index (κ1) is 16.0. The van der Waals surface area contributed by atoms with Gasteiger partial charge in [-0.2, -0.15) is 0 Å². The van der Waals surface area contributed by atoms with Gasteiger partial charge in [-0.15, -0.1) is 0 Å². The van der Waals surface area contributed by atoms with Crippen molar-refractivity contribution in [1.29, 1.82) is 0 Å². The summed E-state index contributed by atoms with van der Waals surface area (Å²) in [5.74, 6) is 0.867. The van der Waals surface area contributed by atoms with Crippen LogP contribution in [0.25, 0.3) is 33.5 Å². The van der Waals surface area contributed by atoms with E-state index in [2.05, 4.69) is 24.3 Å². The fraction of sp³-hybridized carbons (Fsp3) is 0.167. The fourth-order valence-electron chi connectivity index (χ4n) is 3.72. The Bertz CT molecular complexity index is 1100. The topological polar surface area (TPSA) is 46.0 Å². The molecule has 0 radical (unpaired) electrons. The lowest BCUT2D eigenvalue weighted by molar-refractivity contribution is 0.420. The van der Waals surface area contributed by atoms with Crippen molar-refractivity contribution in [3.63, 3.8) is 0 Å². The molecule has 1 aliphatic carbocycles. The van der Waals surface area contributed by atoms with Crippen molar-refractivity contribution in [2.24, 2.45) is 0 Å². The van der Waals surface area contributed by atoms with E-state index in [1.54, 1.807) is 12.1 Å². The van der Waals surface area contributed by atoms with Gasteiger partial charge in [0.25, 0.3) is 0 Å². The predicted molar refractivity (Wildman–Crippen MR) is 109 cm³/mol. The van der Waals surface area contributed by atoms with Crippen molar-refractivity contribution in [3.05, 3.63) is 78.4 Å². The highest BCUT2D eigenvalue weighted by Gasteiger charge is 2.20. The Morgan fingerprint density at radius 3 is 2.11 bits per heavy atom. The highest BCUT2D eigenvalue weighted by molar-refractivity contribution is 5.89. The predicted octanol–water partition coefficient (Wildman–Crippen LogP) is 5.94. The maximum Gasteiger partial charge on any atom is 0.143 e. The quantitative estimate of drug-likeness (QED) is 0.496. The smallest absolute Gasteiger partial charge is 0.143 e. The average Bonchev–Trinajstić information content (AvgIpc) is 2.67. The van der Waals surface area contributed by atoms with Gasteiger partial charge >= 0.3 is 0 Å². The van der Waals surface area contributed by atoms with Gasteiger partial charge in [0.15, 0.2) is 0 Å². The van der Waals surface area contributed by atoms with Gasteiger partial charge in [0, 0.05) is 11.1 Å². The normalized spacial score (nSPS) is 14.2. The maximum atomic E-state index is 10.3. The lowest BCUT2D eigenvalue weighted by atomic mass is 9.80. The molecule has 27 heavy (non-hydrogen) atoms. The van der Waals surface area contributed by atoms with Crippen molar-refractivity contribution in [1.82, 2.24) is 9.97 Å². The molecule has 0 amide bonds. The molecule has 1 aliphatic rings. The summed E-state index contributed by atoms with van der Waals surface area (Å²) in [6, 6.07) is 24.1. The van der Waals surface area contributed by atoms with Crippen LogP contribution < -0.4 is 0 Å². The van der Waals surface area contributed by atoms with Gasteiger partial charge in [-0.25, -0.2) is 9.97 Å². The second kappa shape index (κ2) is 6.51. The van der Waals surface area contributed by atoms with Crippen molar-refractivity contribution in [2.45, 2.75) is 25.2 Å². The second-order valence-corrected chi connectivity index (χ2v) is 7.18. The number of hydrogen-bond acceptors (Lipinski definition) is 3. The summed E-state index contributed by atoms with van der Waals surface area (Å²) in [5.41, 5.74) is 6.32. The van der Waals surface area contributed by atoms with Crippen LogP contribution in [0.4, 0.5) is 0 Å². The van der Waals surface area contributed by atoms with Gasteiger partial charge in [0.1, 0.15) is 11.3 Å². The molecule has 1 fully saturated rings. The molecular weight excluding hydrogens is 332 g/mol. The van der Waals surface area contributed by atoms with Crippen molar-refractivity contribution in [2.75, 3.05) is 0 Å². The highest BCUT2D eigenvalue weighted by atomic mass is 16.3. The fourth-order valence-corrected chi connectivity index (χ4v) is 3.72. The van der Waals surface area contributed by atoms with Crippen molar-refractivity contribution >= 4 is 11.0 Å². The Morgan fingerprint density at radius 1 is 0.704 bits per heavy atom. The van der Waals surface area contributed by atoms with Gasteiger partial charge < -0.3 is 5.11 Å². The summed E-state index contributed by atoms with van der Waals surface area (Å²) in [6.45, 7) is 0. The van der Waals surface area contributed by atoms with Crippen LogP contribution in [0.2, 0.25) is 0 Å². The van der Waals surface area contributed by atoms with E-state index in [1.165, 1.54) is 24.8 Å². The summed E-state index contributed by atoms with van der Waals surface area (Å²) >= 11 is 0. The Labute approximate surface area is 158 Å². The summed E-state index contributed by atoms with van der Waals surface area (Å²) in [6.07, 6.45) is 3.91. The molecule has 4 aromatic rings. The number of hydrogen-bond donors (Lipinski definition) is 1. The number of nitrogens with zero attached hydrogens (tertiary/aromatic N) is 2. The first-order valence-corrected chi connectivity index (χ1v) is 9.45. The molecule has 3 heteroatoms. The van der Waals surface area contributed by atoms with E-state index >= 15 is 0 Å². The molecule has 3 nitrogen and oxygen atoms in total. The Kier molecular flexibility index (Phi) is 3.86. The highest BCUT2D eigenvalue weighted by Crippen LogP contribution is 2.38. The van der Waals surface area contributed by atoms with E-state index in [9.17, 15) is 5.11 Å². The molecule has 1 saturated carbocycles. The summed E-state index contributed by atoms with van der Waals surface area (Å²) in [7, 11) is 0. The molecule has 0 saturated heterocycles. The van der Waals surface area contributed by atoms with E-state index < -0.39 is 0 Å². The number of para-hydroxylation sites is 1. The van der Waals surface area contributed by atoms with Crippen molar-refractivity contribution < 1.29 is 5.11 Å². The molecule has 0 spiro atoms. The summed E-state index contributed by atoms with van der Waals surface area (Å²) < 4.78 is 0. The number of fused-ring (bicyclic) bond motifs is 1. The third kappa shape index (κ3) is 2.85. The Balaban J connectivity index is 1.70. The van der Waals surface area contributed by atoms with Gasteiger partial charge in [-0.1, -0.05) is 67.1 Å². The van der Waals surface area contributed by atoms with Gasteiger partial charge in [-0.05, 0) is 36.5 Å². The van der Waals surface area contributed by atoms with Crippen LogP contribution in [-0.4, -0.2) is 15.1 Å². The van der Waals surface area contributed by atoms with Crippen molar-refractivity contribution in [3.8, 4) is 28.3 Å². The zero-order valence-electron chi connectivity index (χ0n) is 15.0. The molecule has 1 heterocycles. The Hall–Kier alpha value is -3.20. The zero-order chi connectivity index (χ0) is 18.2. The number of rotatable bonds is 3. The van der Waals surface area contributed by atoms with Crippen LogP contribution in [0.3, 0.4) is 0 Å². The van der Waals surface area contributed by atoms with Crippen LogP contribution >= 0.6 is 0 Å². The molecule has 0 unspecified atom stereocenters. The number of phenolic OH excluding ortho intramolecular Hbond substituents is 1. The standard InChI is InChI=1S/C24H20N2O/c27-21-11-5-10-20-24(21)26-23(22(25-20)18-6-2-1-3-7-18)19-14-12-17(13-15-19)16-8-4-9-16/h1-3,5-7,10-16,27H,4,8-9H2. The molecule has 0 atom stereocenters. The molecule has 132 valence electrons. The van der Waals surface area contributed by atoms with Crippen LogP contribution in [0.1, 0.15) is 30.7 Å². The van der Waals surface area contributed by atoms with Gasteiger partial charge in [0.05, 0.1) is 16.9 Å². The van der Waals surface area contributed by atoms with Crippen LogP contribution in [0, 0.1) is 0 Å². The van der Waals surface area contributed by atoms with Gasteiger partial charge in [-0.3, -0.25) is 0 Å². The monoisotopic (exact) mass is 352 g/mol. The van der Waals surface area contributed by atoms with Gasteiger partial charge in [0.2, 0.25) is 0 Å². The third-order valence-corrected chi connectivity index (χ3v) is 5.48. The van der Waals surface area contributed by atoms with E-state index in [0.29, 0.717) is 17.0 Å². The molecule has 0 bridgehead atoms. The molecule has 0 aliphatic heterocycles. The maximum absolute atomic E-state index is 10.3. The number of benzene rings is 3. The number of aromatic nitrogens is 2. The first-order valence-electron chi connectivity index (χ1n) is 9.45. The first-order chi connectivity index (χ1) is 13.3. The molecule has 5 rings (SSSR count). The number of phenols is 1. The van der Waals surface area contributed by atoms with E-state index in [1.807, 2.05) is 36.4 Å². The van der Waals surface area contributed by atoms with Crippen LogP contribution in [-0.2, 0) is 0 Å². The van der Waals surface area contributed by atoms with Crippen LogP contribution in [0.5, 0.6) is 5.75 Å². The average molecular weight is 352 g/mol. The Morgan fingerprint density at radius 2 is 1.41 bits per heavy atom.